The Balaban J connectivity index is 2.40. The molecule has 3 atom stereocenters. The van der Waals surface area contributed by atoms with E-state index in [1.165, 1.54) is 25.7 Å². The smallest absolute Gasteiger partial charge is 0.00701 e. The highest BCUT2D eigenvalue weighted by atomic mass is 14.7. The largest absolute Gasteiger partial charge is 0.330 e. The van der Waals surface area contributed by atoms with Crippen LogP contribution in [0.4, 0.5) is 0 Å². The summed E-state index contributed by atoms with van der Waals surface area (Å²) in [5.41, 5.74) is 11.6. The first-order valence-corrected chi connectivity index (χ1v) is 4.71. The average Bonchev–Trinajstić information content (AvgIpc) is 2.04. The van der Waals surface area contributed by atoms with Crippen LogP contribution in [-0.2, 0) is 0 Å². The Kier molecular flexibility index (Phi) is 3.34. The molecule has 0 heterocycles. The van der Waals surface area contributed by atoms with Crippen LogP contribution in [0.3, 0.4) is 0 Å². The molecule has 2 heteroatoms. The summed E-state index contributed by atoms with van der Waals surface area (Å²) in [6.07, 6.45) is 5.16. The van der Waals surface area contributed by atoms with Gasteiger partial charge in [-0.15, -0.1) is 0 Å². The normalized spacial score (nSPS) is 35.2. The maximum atomic E-state index is 6.00. The molecule has 0 saturated heterocycles. The van der Waals surface area contributed by atoms with E-state index in [0.29, 0.717) is 17.9 Å². The van der Waals surface area contributed by atoms with E-state index in [1.54, 1.807) is 0 Å². The zero-order valence-corrected chi connectivity index (χ0v) is 7.42. The molecule has 0 bridgehead atoms. The van der Waals surface area contributed by atoms with Crippen LogP contribution in [0.25, 0.3) is 0 Å². The molecule has 0 spiro atoms. The zero-order chi connectivity index (χ0) is 8.27. The Bertz CT molecular complexity index is 110. The molecule has 4 N–H and O–H groups in total. The van der Waals surface area contributed by atoms with Gasteiger partial charge in [-0.05, 0) is 31.2 Å². The van der Waals surface area contributed by atoms with Gasteiger partial charge in [0.2, 0.25) is 0 Å². The molecule has 1 aliphatic carbocycles. The fourth-order valence-electron chi connectivity index (χ4n) is 2.07. The van der Waals surface area contributed by atoms with Crippen molar-refractivity contribution in [2.24, 2.45) is 23.3 Å². The predicted molar refractivity (Wildman–Crippen MR) is 48.2 cm³/mol. The number of hydrogen-bond donors (Lipinski definition) is 2. The van der Waals surface area contributed by atoms with Crippen molar-refractivity contribution in [2.75, 3.05) is 6.54 Å². The quantitative estimate of drug-likeness (QED) is 0.629. The van der Waals surface area contributed by atoms with Gasteiger partial charge in [0.1, 0.15) is 0 Å². The fraction of sp³-hybridized carbons (Fsp3) is 1.00. The van der Waals surface area contributed by atoms with Crippen LogP contribution in [0, 0.1) is 11.8 Å². The van der Waals surface area contributed by atoms with Gasteiger partial charge in [0.25, 0.3) is 0 Å². The summed E-state index contributed by atoms with van der Waals surface area (Å²) in [5, 5.41) is 0. The van der Waals surface area contributed by atoms with E-state index in [2.05, 4.69) is 6.92 Å². The van der Waals surface area contributed by atoms with E-state index < -0.39 is 0 Å². The second-order valence-corrected chi connectivity index (χ2v) is 3.83. The van der Waals surface area contributed by atoms with Crippen LogP contribution >= 0.6 is 0 Å². The summed E-state index contributed by atoms with van der Waals surface area (Å²) in [4.78, 5) is 0. The summed E-state index contributed by atoms with van der Waals surface area (Å²) in [6, 6.07) is 0.419. The summed E-state index contributed by atoms with van der Waals surface area (Å²) in [6.45, 7) is 3.01. The molecule has 1 saturated carbocycles. The van der Waals surface area contributed by atoms with Crippen LogP contribution < -0.4 is 11.5 Å². The van der Waals surface area contributed by atoms with Gasteiger partial charge in [-0.2, -0.15) is 0 Å². The first-order valence-electron chi connectivity index (χ1n) is 4.71. The SMILES string of the molecule is CC(CN)C1CCCCC1N. The Labute approximate surface area is 69.3 Å². The molecule has 0 aliphatic heterocycles. The number of hydrogen-bond acceptors (Lipinski definition) is 2. The van der Waals surface area contributed by atoms with Gasteiger partial charge in [0, 0.05) is 6.04 Å². The lowest BCUT2D eigenvalue weighted by molar-refractivity contribution is 0.231. The van der Waals surface area contributed by atoms with Gasteiger partial charge in [-0.3, -0.25) is 0 Å². The zero-order valence-electron chi connectivity index (χ0n) is 7.42. The van der Waals surface area contributed by atoms with E-state index in [-0.39, 0.29) is 0 Å². The Morgan fingerprint density at radius 2 is 2.00 bits per heavy atom. The van der Waals surface area contributed by atoms with Gasteiger partial charge in [-0.25, -0.2) is 0 Å². The van der Waals surface area contributed by atoms with Crippen molar-refractivity contribution in [3.05, 3.63) is 0 Å². The average molecular weight is 156 g/mol. The van der Waals surface area contributed by atoms with E-state index in [1.807, 2.05) is 0 Å². The molecular weight excluding hydrogens is 136 g/mol. The molecule has 0 amide bonds. The van der Waals surface area contributed by atoms with E-state index in [9.17, 15) is 0 Å². The maximum Gasteiger partial charge on any atom is 0.00701 e. The highest BCUT2D eigenvalue weighted by Crippen LogP contribution is 2.28. The third kappa shape index (κ3) is 2.17. The van der Waals surface area contributed by atoms with E-state index in [4.69, 9.17) is 11.5 Å². The minimum absolute atomic E-state index is 0.419. The second kappa shape index (κ2) is 4.07. The lowest BCUT2D eigenvalue weighted by Gasteiger charge is -2.32. The summed E-state index contributed by atoms with van der Waals surface area (Å²) < 4.78 is 0. The molecule has 66 valence electrons. The number of rotatable bonds is 2. The predicted octanol–water partition coefficient (Wildman–Crippen LogP) is 1.10. The molecule has 11 heavy (non-hydrogen) atoms. The third-order valence-electron chi connectivity index (χ3n) is 2.98. The van der Waals surface area contributed by atoms with Gasteiger partial charge < -0.3 is 11.5 Å². The summed E-state index contributed by atoms with van der Waals surface area (Å²) >= 11 is 0. The third-order valence-corrected chi connectivity index (χ3v) is 2.98. The van der Waals surface area contributed by atoms with Crippen molar-refractivity contribution in [2.45, 2.75) is 38.6 Å². The molecule has 0 aromatic carbocycles. The van der Waals surface area contributed by atoms with Crippen molar-refractivity contribution in [3.63, 3.8) is 0 Å². The maximum absolute atomic E-state index is 6.00. The van der Waals surface area contributed by atoms with Gasteiger partial charge in [-0.1, -0.05) is 19.8 Å². The molecule has 1 rings (SSSR count). The van der Waals surface area contributed by atoms with Gasteiger partial charge >= 0.3 is 0 Å². The van der Waals surface area contributed by atoms with Crippen LogP contribution in [0.2, 0.25) is 0 Å². The first-order chi connectivity index (χ1) is 5.25. The van der Waals surface area contributed by atoms with Crippen LogP contribution in [-0.4, -0.2) is 12.6 Å². The molecular formula is C9H20N2. The van der Waals surface area contributed by atoms with Crippen molar-refractivity contribution in [1.82, 2.24) is 0 Å². The van der Waals surface area contributed by atoms with Crippen LogP contribution in [0.15, 0.2) is 0 Å². The molecule has 0 aromatic heterocycles. The lowest BCUT2D eigenvalue weighted by Crippen LogP contribution is -2.39. The first kappa shape index (κ1) is 9.01. The molecule has 1 fully saturated rings. The topological polar surface area (TPSA) is 52.0 Å². The minimum Gasteiger partial charge on any atom is -0.330 e. The minimum atomic E-state index is 0.419. The highest BCUT2D eigenvalue weighted by molar-refractivity contribution is 4.81. The van der Waals surface area contributed by atoms with Crippen LogP contribution in [0.5, 0.6) is 0 Å². The van der Waals surface area contributed by atoms with E-state index >= 15 is 0 Å². The molecule has 1 aliphatic rings. The van der Waals surface area contributed by atoms with Crippen molar-refractivity contribution < 1.29 is 0 Å². The molecule has 0 aromatic rings. The Morgan fingerprint density at radius 1 is 1.36 bits per heavy atom. The van der Waals surface area contributed by atoms with Gasteiger partial charge in [0.05, 0.1) is 0 Å². The van der Waals surface area contributed by atoms with Gasteiger partial charge in [0.15, 0.2) is 0 Å². The highest BCUT2D eigenvalue weighted by Gasteiger charge is 2.25. The molecule has 0 radical (unpaired) electrons. The van der Waals surface area contributed by atoms with Crippen molar-refractivity contribution in [3.8, 4) is 0 Å². The van der Waals surface area contributed by atoms with E-state index in [0.717, 1.165) is 6.54 Å². The second-order valence-electron chi connectivity index (χ2n) is 3.83. The van der Waals surface area contributed by atoms with Crippen LogP contribution in [0.1, 0.15) is 32.6 Å². The van der Waals surface area contributed by atoms with Crippen molar-refractivity contribution in [1.29, 1.82) is 0 Å². The summed E-state index contributed by atoms with van der Waals surface area (Å²) in [7, 11) is 0. The standard InChI is InChI=1S/C9H20N2/c1-7(6-10)8-4-2-3-5-9(8)11/h7-9H,2-6,10-11H2,1H3. The number of nitrogens with two attached hydrogens (primary N) is 2. The lowest BCUT2D eigenvalue weighted by atomic mass is 9.77. The summed E-state index contributed by atoms with van der Waals surface area (Å²) in [5.74, 6) is 1.30. The monoisotopic (exact) mass is 156 g/mol. The molecule has 3 unspecified atom stereocenters. The van der Waals surface area contributed by atoms with Crippen molar-refractivity contribution >= 4 is 0 Å². The Hall–Kier alpha value is -0.0800. The fourth-order valence-corrected chi connectivity index (χ4v) is 2.07. The Morgan fingerprint density at radius 3 is 2.55 bits per heavy atom. The molecule has 2 nitrogen and oxygen atoms in total.